The number of benzene rings is 1. The number of hydrogen-bond acceptors (Lipinski definition) is 3. The summed E-state index contributed by atoms with van der Waals surface area (Å²) in [6.07, 6.45) is 1.64. The second kappa shape index (κ2) is 7.16. The molecule has 25 heavy (non-hydrogen) atoms. The highest BCUT2D eigenvalue weighted by atomic mass is 19.1. The summed E-state index contributed by atoms with van der Waals surface area (Å²) in [5, 5.41) is 5.04. The van der Waals surface area contributed by atoms with Gasteiger partial charge in [0.1, 0.15) is 23.7 Å². The first kappa shape index (κ1) is 18.8. The molecule has 8 heteroatoms. The lowest BCUT2D eigenvalue weighted by Gasteiger charge is -2.23. The van der Waals surface area contributed by atoms with Crippen molar-refractivity contribution >= 4 is 17.8 Å². The molecule has 0 aliphatic carbocycles. The monoisotopic (exact) mass is 353 g/mol. The third-order valence-corrected chi connectivity index (χ3v) is 4.17. The molecule has 1 aromatic rings. The van der Waals surface area contributed by atoms with E-state index in [1.807, 2.05) is 13.8 Å². The maximum absolute atomic E-state index is 14.0. The van der Waals surface area contributed by atoms with Gasteiger partial charge in [-0.25, -0.2) is 13.6 Å². The number of nitrogens with one attached hydrogen (secondary N) is 2. The Bertz CT molecular complexity index is 710. The smallest absolute Gasteiger partial charge is 0.325 e. The fourth-order valence-corrected chi connectivity index (χ4v) is 2.87. The first-order valence-corrected chi connectivity index (χ1v) is 8.08. The summed E-state index contributed by atoms with van der Waals surface area (Å²) in [5.74, 6) is -2.85. The number of halogens is 2. The number of nitrogens with zero attached hydrogens (tertiary/aromatic N) is 1. The molecular formula is C17H21F2N3O3. The average Bonchev–Trinajstić information content (AvgIpc) is 2.74. The molecule has 4 amide bonds. The highest BCUT2D eigenvalue weighted by molar-refractivity contribution is 6.09. The molecule has 1 saturated heterocycles. The molecule has 0 unspecified atom stereocenters. The normalized spacial score (nSPS) is 21.2. The zero-order chi connectivity index (χ0) is 18.8. The van der Waals surface area contributed by atoms with Crippen molar-refractivity contribution in [3.05, 3.63) is 35.4 Å². The fourth-order valence-electron chi connectivity index (χ4n) is 2.87. The van der Waals surface area contributed by atoms with E-state index in [1.165, 1.54) is 6.92 Å². The Morgan fingerprint density at radius 2 is 2.04 bits per heavy atom. The molecule has 0 bridgehead atoms. The van der Waals surface area contributed by atoms with Crippen LogP contribution in [0.25, 0.3) is 0 Å². The Kier molecular flexibility index (Phi) is 5.39. The van der Waals surface area contributed by atoms with E-state index in [9.17, 15) is 23.2 Å². The highest BCUT2D eigenvalue weighted by Crippen LogP contribution is 2.31. The van der Waals surface area contributed by atoms with Gasteiger partial charge in [-0.2, -0.15) is 0 Å². The van der Waals surface area contributed by atoms with Gasteiger partial charge >= 0.3 is 6.03 Å². The van der Waals surface area contributed by atoms with Crippen LogP contribution in [0.1, 0.15) is 39.2 Å². The lowest BCUT2D eigenvalue weighted by atomic mass is 9.91. The van der Waals surface area contributed by atoms with E-state index in [-0.39, 0.29) is 11.6 Å². The molecule has 6 nitrogen and oxygen atoms in total. The van der Waals surface area contributed by atoms with Crippen LogP contribution in [0.2, 0.25) is 0 Å². The number of carbonyl (C=O) groups excluding carboxylic acids is 3. The van der Waals surface area contributed by atoms with Gasteiger partial charge in [-0.3, -0.25) is 14.5 Å². The molecule has 1 aromatic carbocycles. The van der Waals surface area contributed by atoms with E-state index in [4.69, 9.17) is 0 Å². The molecule has 2 atom stereocenters. The Morgan fingerprint density at radius 3 is 2.68 bits per heavy atom. The Balaban J connectivity index is 2.19. The van der Waals surface area contributed by atoms with Crippen LogP contribution < -0.4 is 10.6 Å². The van der Waals surface area contributed by atoms with Crippen LogP contribution in [0, 0.1) is 11.6 Å². The molecule has 0 radical (unpaired) electrons. The van der Waals surface area contributed by atoms with Crippen LogP contribution in [0.4, 0.5) is 13.6 Å². The summed E-state index contributed by atoms with van der Waals surface area (Å²) >= 11 is 0. The summed E-state index contributed by atoms with van der Waals surface area (Å²) in [6, 6.07) is 1.75. The molecule has 2 rings (SSSR count). The minimum absolute atomic E-state index is 0.0923. The van der Waals surface area contributed by atoms with Crippen LogP contribution in [0.5, 0.6) is 0 Å². The van der Waals surface area contributed by atoms with E-state index in [1.54, 1.807) is 0 Å². The van der Waals surface area contributed by atoms with Crippen LogP contribution in [0.15, 0.2) is 18.2 Å². The Morgan fingerprint density at radius 1 is 1.36 bits per heavy atom. The maximum atomic E-state index is 14.0. The Hall–Kier alpha value is -2.51. The molecule has 136 valence electrons. The van der Waals surface area contributed by atoms with Gasteiger partial charge in [-0.1, -0.05) is 13.3 Å². The minimum Gasteiger partial charge on any atom is -0.352 e. The van der Waals surface area contributed by atoms with Gasteiger partial charge < -0.3 is 10.6 Å². The number of imide groups is 1. The standard InChI is InChI=1S/C17H21F2N3O3/c1-4-5-10(2)20-14(23)9-22-15(24)17(3,21-16(22)25)12-8-11(18)6-7-13(12)19/h6-8,10H,4-5,9H2,1-3H3,(H,20,23)(H,21,25)/t10-,17-/m1/s1. The number of amides is 4. The number of rotatable bonds is 6. The Labute approximate surface area is 144 Å². The number of urea groups is 1. The second-order valence-electron chi connectivity index (χ2n) is 6.33. The number of hydrogen-bond donors (Lipinski definition) is 2. The molecule has 1 aliphatic heterocycles. The third kappa shape index (κ3) is 3.78. The molecule has 0 aromatic heterocycles. The van der Waals surface area contributed by atoms with Crippen LogP contribution >= 0.6 is 0 Å². The van der Waals surface area contributed by atoms with Crippen molar-refractivity contribution in [1.29, 1.82) is 0 Å². The van der Waals surface area contributed by atoms with Gasteiger partial charge in [0.2, 0.25) is 5.91 Å². The molecule has 1 fully saturated rings. The third-order valence-electron chi connectivity index (χ3n) is 4.17. The van der Waals surface area contributed by atoms with E-state index in [2.05, 4.69) is 10.6 Å². The largest absolute Gasteiger partial charge is 0.352 e. The van der Waals surface area contributed by atoms with Crippen molar-refractivity contribution < 1.29 is 23.2 Å². The molecule has 1 aliphatic rings. The predicted octanol–water partition coefficient (Wildman–Crippen LogP) is 2.04. The van der Waals surface area contributed by atoms with E-state index < -0.39 is 41.6 Å². The van der Waals surface area contributed by atoms with Crippen molar-refractivity contribution in [1.82, 2.24) is 15.5 Å². The van der Waals surface area contributed by atoms with Crippen LogP contribution in [-0.2, 0) is 15.1 Å². The van der Waals surface area contributed by atoms with Gasteiger partial charge in [0.15, 0.2) is 0 Å². The fraction of sp³-hybridized carbons (Fsp3) is 0.471. The minimum atomic E-state index is -1.77. The molecule has 0 spiro atoms. The summed E-state index contributed by atoms with van der Waals surface area (Å²) in [6.45, 7) is 4.59. The SMILES string of the molecule is CCC[C@@H](C)NC(=O)CN1C(=O)N[C@](C)(c2cc(F)ccc2F)C1=O. The van der Waals surface area contributed by atoms with Gasteiger partial charge in [0.05, 0.1) is 0 Å². The van der Waals surface area contributed by atoms with Crippen LogP contribution in [0.3, 0.4) is 0 Å². The average molecular weight is 353 g/mol. The van der Waals surface area contributed by atoms with Gasteiger partial charge in [0.25, 0.3) is 5.91 Å². The predicted molar refractivity (Wildman–Crippen MR) is 86.5 cm³/mol. The van der Waals surface area contributed by atoms with E-state index >= 15 is 0 Å². The zero-order valence-corrected chi connectivity index (χ0v) is 14.4. The first-order chi connectivity index (χ1) is 11.7. The summed E-state index contributed by atoms with van der Waals surface area (Å²) < 4.78 is 27.5. The van der Waals surface area contributed by atoms with E-state index in [0.717, 1.165) is 31.0 Å². The number of carbonyl (C=O) groups is 3. The van der Waals surface area contributed by atoms with Crippen molar-refractivity contribution in [2.45, 2.75) is 45.2 Å². The summed E-state index contributed by atoms with van der Waals surface area (Å²) in [5.41, 5.74) is -2.05. The first-order valence-electron chi connectivity index (χ1n) is 8.08. The lowest BCUT2D eigenvalue weighted by Crippen LogP contribution is -2.45. The lowest BCUT2D eigenvalue weighted by molar-refractivity contribution is -0.135. The van der Waals surface area contributed by atoms with Crippen molar-refractivity contribution in [3.63, 3.8) is 0 Å². The quantitative estimate of drug-likeness (QED) is 0.768. The zero-order valence-electron chi connectivity index (χ0n) is 14.4. The summed E-state index contributed by atoms with van der Waals surface area (Å²) in [7, 11) is 0. The van der Waals surface area contributed by atoms with Crippen LogP contribution in [-0.4, -0.2) is 35.3 Å². The van der Waals surface area contributed by atoms with Crippen molar-refractivity contribution in [2.24, 2.45) is 0 Å². The molecule has 2 N–H and O–H groups in total. The molecule has 0 saturated carbocycles. The molecular weight excluding hydrogens is 332 g/mol. The van der Waals surface area contributed by atoms with Gasteiger partial charge in [0, 0.05) is 11.6 Å². The van der Waals surface area contributed by atoms with Gasteiger partial charge in [-0.05, 0) is 38.5 Å². The topological polar surface area (TPSA) is 78.5 Å². The van der Waals surface area contributed by atoms with Gasteiger partial charge in [-0.15, -0.1) is 0 Å². The maximum Gasteiger partial charge on any atom is 0.325 e. The summed E-state index contributed by atoms with van der Waals surface area (Å²) in [4.78, 5) is 37.5. The van der Waals surface area contributed by atoms with Crippen molar-refractivity contribution in [2.75, 3.05) is 6.54 Å². The van der Waals surface area contributed by atoms with E-state index in [0.29, 0.717) is 4.90 Å². The van der Waals surface area contributed by atoms with Crippen molar-refractivity contribution in [3.8, 4) is 0 Å². The molecule has 1 heterocycles. The second-order valence-corrected chi connectivity index (χ2v) is 6.33. The highest BCUT2D eigenvalue weighted by Gasteiger charge is 2.50.